The van der Waals surface area contributed by atoms with Crippen LogP contribution in [0.2, 0.25) is 10.0 Å². The van der Waals surface area contributed by atoms with Crippen molar-refractivity contribution in [1.29, 1.82) is 0 Å². The molecule has 1 aromatic rings. The number of rotatable bonds is 2. The van der Waals surface area contributed by atoms with E-state index >= 15 is 0 Å². The van der Waals surface area contributed by atoms with Crippen LogP contribution in [-0.4, -0.2) is 30.7 Å². The first-order valence-corrected chi connectivity index (χ1v) is 6.26. The van der Waals surface area contributed by atoms with E-state index in [1.54, 1.807) is 12.3 Å². The van der Waals surface area contributed by atoms with Crippen LogP contribution in [0.4, 0.5) is 5.82 Å². The monoisotopic (exact) mass is 259 g/mol. The zero-order chi connectivity index (χ0) is 11.5. The summed E-state index contributed by atoms with van der Waals surface area (Å²) in [7, 11) is 0. The van der Waals surface area contributed by atoms with Gasteiger partial charge in [-0.1, -0.05) is 30.1 Å². The van der Waals surface area contributed by atoms with E-state index < -0.39 is 0 Å². The smallest absolute Gasteiger partial charge is 0.147 e. The van der Waals surface area contributed by atoms with E-state index in [2.05, 4.69) is 22.1 Å². The van der Waals surface area contributed by atoms with Crippen molar-refractivity contribution in [1.82, 2.24) is 10.3 Å². The Morgan fingerprint density at radius 1 is 1.56 bits per heavy atom. The summed E-state index contributed by atoms with van der Waals surface area (Å²) in [5.41, 5.74) is 0. The van der Waals surface area contributed by atoms with Crippen molar-refractivity contribution in [3.63, 3.8) is 0 Å². The molecule has 1 aliphatic rings. The van der Waals surface area contributed by atoms with E-state index in [0.29, 0.717) is 16.1 Å². The van der Waals surface area contributed by atoms with Crippen molar-refractivity contribution in [3.05, 3.63) is 22.3 Å². The average Bonchev–Trinajstić information content (AvgIpc) is 2.29. The van der Waals surface area contributed by atoms with E-state index in [0.717, 1.165) is 31.9 Å². The number of halogens is 2. The molecule has 1 aliphatic heterocycles. The zero-order valence-electron chi connectivity index (χ0n) is 9.21. The van der Waals surface area contributed by atoms with Crippen molar-refractivity contribution >= 4 is 29.0 Å². The number of pyridine rings is 1. The van der Waals surface area contributed by atoms with Crippen LogP contribution < -0.4 is 10.2 Å². The SMILES string of the molecule is CCC1CNCCN1c1ncc(Cl)cc1Cl. The largest absolute Gasteiger partial charge is 0.350 e. The minimum absolute atomic E-state index is 0.458. The fraction of sp³-hybridized carbons (Fsp3) is 0.545. The fourth-order valence-corrected chi connectivity index (χ4v) is 2.51. The lowest BCUT2D eigenvalue weighted by Gasteiger charge is -2.37. The maximum Gasteiger partial charge on any atom is 0.147 e. The second kappa shape index (κ2) is 5.21. The Hall–Kier alpha value is -0.510. The molecule has 2 rings (SSSR count). The Morgan fingerprint density at radius 2 is 2.38 bits per heavy atom. The van der Waals surface area contributed by atoms with Gasteiger partial charge in [-0.2, -0.15) is 0 Å². The lowest BCUT2D eigenvalue weighted by Crippen LogP contribution is -2.51. The molecule has 3 nitrogen and oxygen atoms in total. The fourth-order valence-electron chi connectivity index (χ4n) is 2.02. The third-order valence-electron chi connectivity index (χ3n) is 2.88. The van der Waals surface area contributed by atoms with Gasteiger partial charge in [0.15, 0.2) is 0 Å². The molecule has 0 aromatic carbocycles. The second-order valence-corrected chi connectivity index (χ2v) is 4.76. The highest BCUT2D eigenvalue weighted by Crippen LogP contribution is 2.28. The van der Waals surface area contributed by atoms with Gasteiger partial charge in [0.25, 0.3) is 0 Å². The number of piperazine rings is 1. The predicted molar refractivity (Wildman–Crippen MR) is 68.6 cm³/mol. The van der Waals surface area contributed by atoms with Gasteiger partial charge in [0.1, 0.15) is 5.82 Å². The Morgan fingerprint density at radius 3 is 3.06 bits per heavy atom. The molecule has 1 aromatic heterocycles. The molecule has 0 radical (unpaired) electrons. The summed E-state index contributed by atoms with van der Waals surface area (Å²) in [6, 6.07) is 2.21. The molecule has 0 spiro atoms. The molecule has 1 saturated heterocycles. The first kappa shape index (κ1) is 12.0. The molecular formula is C11H15Cl2N3. The molecule has 2 heterocycles. The van der Waals surface area contributed by atoms with Crippen molar-refractivity contribution in [2.45, 2.75) is 19.4 Å². The number of hydrogen-bond acceptors (Lipinski definition) is 3. The summed E-state index contributed by atoms with van der Waals surface area (Å²) in [6.07, 6.45) is 2.73. The Bertz CT molecular complexity index is 370. The Balaban J connectivity index is 2.27. The number of nitrogens with one attached hydrogen (secondary N) is 1. The minimum Gasteiger partial charge on any atom is -0.350 e. The van der Waals surface area contributed by atoms with Gasteiger partial charge < -0.3 is 10.2 Å². The molecular weight excluding hydrogens is 245 g/mol. The van der Waals surface area contributed by atoms with E-state index in [1.165, 1.54) is 0 Å². The first-order chi connectivity index (χ1) is 7.72. The lowest BCUT2D eigenvalue weighted by atomic mass is 10.1. The second-order valence-electron chi connectivity index (χ2n) is 3.92. The van der Waals surface area contributed by atoms with Gasteiger partial charge >= 0.3 is 0 Å². The quantitative estimate of drug-likeness (QED) is 0.885. The number of anilines is 1. The summed E-state index contributed by atoms with van der Waals surface area (Å²) in [6.45, 7) is 5.07. The average molecular weight is 260 g/mol. The molecule has 0 saturated carbocycles. The van der Waals surface area contributed by atoms with Crippen molar-refractivity contribution in [3.8, 4) is 0 Å². The standard InChI is InChI=1S/C11H15Cl2N3/c1-2-9-7-14-3-4-16(9)11-10(13)5-8(12)6-15-11/h5-6,9,14H,2-4,7H2,1H3. The van der Waals surface area contributed by atoms with Gasteiger partial charge in [-0.05, 0) is 12.5 Å². The van der Waals surface area contributed by atoms with Gasteiger partial charge in [0.2, 0.25) is 0 Å². The van der Waals surface area contributed by atoms with Crippen LogP contribution in [0.25, 0.3) is 0 Å². The highest BCUT2D eigenvalue weighted by atomic mass is 35.5. The Labute approximate surface area is 106 Å². The highest BCUT2D eigenvalue weighted by molar-refractivity contribution is 6.36. The number of hydrogen-bond donors (Lipinski definition) is 1. The van der Waals surface area contributed by atoms with Gasteiger partial charge in [-0.25, -0.2) is 4.98 Å². The third kappa shape index (κ3) is 2.42. The Kier molecular flexibility index (Phi) is 3.90. The third-order valence-corrected chi connectivity index (χ3v) is 3.37. The van der Waals surface area contributed by atoms with Crippen molar-refractivity contribution < 1.29 is 0 Å². The van der Waals surface area contributed by atoms with Gasteiger partial charge in [-0.3, -0.25) is 0 Å². The molecule has 5 heteroatoms. The van der Waals surface area contributed by atoms with Crippen LogP contribution in [0.5, 0.6) is 0 Å². The summed E-state index contributed by atoms with van der Waals surface area (Å²) >= 11 is 12.0. The van der Waals surface area contributed by atoms with Crippen molar-refractivity contribution in [2.75, 3.05) is 24.5 Å². The van der Waals surface area contributed by atoms with Crippen LogP contribution >= 0.6 is 23.2 Å². The molecule has 88 valence electrons. The molecule has 0 aliphatic carbocycles. The molecule has 0 amide bonds. The summed E-state index contributed by atoms with van der Waals surface area (Å²) in [4.78, 5) is 6.59. The number of aromatic nitrogens is 1. The van der Waals surface area contributed by atoms with Gasteiger partial charge in [0, 0.05) is 31.9 Å². The van der Waals surface area contributed by atoms with Crippen molar-refractivity contribution in [2.24, 2.45) is 0 Å². The molecule has 1 fully saturated rings. The summed E-state index contributed by atoms with van der Waals surface area (Å²) in [5, 5.41) is 4.59. The van der Waals surface area contributed by atoms with E-state index in [4.69, 9.17) is 23.2 Å². The summed E-state index contributed by atoms with van der Waals surface area (Å²) < 4.78 is 0. The van der Waals surface area contributed by atoms with Crippen LogP contribution in [0, 0.1) is 0 Å². The van der Waals surface area contributed by atoms with Crippen LogP contribution in [-0.2, 0) is 0 Å². The van der Waals surface area contributed by atoms with E-state index in [1.807, 2.05) is 0 Å². The minimum atomic E-state index is 0.458. The van der Waals surface area contributed by atoms with E-state index in [9.17, 15) is 0 Å². The maximum absolute atomic E-state index is 6.18. The molecule has 1 atom stereocenters. The number of nitrogens with zero attached hydrogens (tertiary/aromatic N) is 2. The zero-order valence-corrected chi connectivity index (χ0v) is 10.7. The van der Waals surface area contributed by atoms with Crippen LogP contribution in [0.15, 0.2) is 12.3 Å². The summed E-state index contributed by atoms with van der Waals surface area (Å²) in [5.74, 6) is 0.847. The molecule has 1 N–H and O–H groups in total. The molecule has 1 unspecified atom stereocenters. The maximum atomic E-state index is 6.18. The normalized spacial score (nSPS) is 21.2. The first-order valence-electron chi connectivity index (χ1n) is 5.50. The lowest BCUT2D eigenvalue weighted by molar-refractivity contribution is 0.463. The van der Waals surface area contributed by atoms with E-state index in [-0.39, 0.29) is 0 Å². The molecule has 16 heavy (non-hydrogen) atoms. The van der Waals surface area contributed by atoms with Crippen LogP contribution in [0.1, 0.15) is 13.3 Å². The predicted octanol–water partition coefficient (Wildman–Crippen LogP) is 2.58. The van der Waals surface area contributed by atoms with Gasteiger partial charge in [-0.15, -0.1) is 0 Å². The van der Waals surface area contributed by atoms with Gasteiger partial charge in [0.05, 0.1) is 10.0 Å². The topological polar surface area (TPSA) is 28.2 Å². The molecule has 0 bridgehead atoms. The highest BCUT2D eigenvalue weighted by Gasteiger charge is 2.23. The van der Waals surface area contributed by atoms with Crippen LogP contribution in [0.3, 0.4) is 0 Å².